The highest BCUT2D eigenvalue weighted by molar-refractivity contribution is 6.74. The number of rotatable bonds is 4. The molecule has 1 aromatic heterocycles. The zero-order chi connectivity index (χ0) is 27.3. The van der Waals surface area contributed by atoms with Crippen LogP contribution in [0.4, 0.5) is 4.79 Å². The van der Waals surface area contributed by atoms with E-state index in [9.17, 15) is 9.59 Å². The standard InChI is InChI=1S/C30H44N2O4Si/c1-10-21-20(16-18-35-37(8,9)30(5,6)7)19-25-26-23(15-17-31(25)27(21)33)22-13-11-12-14-24(22)32(26)28(34)36-29(2,3)4/h10-14,20,25H,15-19H2,1-9H3/b21-10+/t20-,25-/m0/s1. The maximum atomic E-state index is 13.8. The zero-order valence-electron chi connectivity index (χ0n) is 24.1. The molecule has 1 fully saturated rings. The molecule has 1 amide bonds. The fraction of sp³-hybridized carbons (Fsp3) is 0.600. The van der Waals surface area contributed by atoms with Crippen molar-refractivity contribution in [3.05, 3.63) is 47.2 Å². The van der Waals surface area contributed by atoms with E-state index in [4.69, 9.17) is 9.16 Å². The Morgan fingerprint density at radius 2 is 1.81 bits per heavy atom. The van der Waals surface area contributed by atoms with Crippen LogP contribution in [0.2, 0.25) is 18.1 Å². The topological polar surface area (TPSA) is 60.8 Å². The lowest BCUT2D eigenvalue weighted by Crippen LogP contribution is -2.48. The lowest BCUT2D eigenvalue weighted by Gasteiger charge is -2.44. The fourth-order valence-electron chi connectivity index (χ4n) is 5.50. The van der Waals surface area contributed by atoms with Gasteiger partial charge in [0.25, 0.3) is 0 Å². The SMILES string of the molecule is C/C=C1/C(=O)N2CCc3c(n(C(=O)OC(C)(C)C)c4ccccc34)[C@@H]2C[C@@H]1CCO[Si](C)(C)C(C)(C)C. The lowest BCUT2D eigenvalue weighted by molar-refractivity contribution is -0.133. The van der Waals surface area contributed by atoms with Crippen LogP contribution in [0.25, 0.3) is 10.9 Å². The number of carbonyl (C=O) groups is 2. The predicted octanol–water partition coefficient (Wildman–Crippen LogP) is 7.23. The Hall–Kier alpha value is -2.38. The summed E-state index contributed by atoms with van der Waals surface area (Å²) in [7, 11) is -1.88. The first kappa shape index (κ1) is 27.6. The third kappa shape index (κ3) is 5.17. The van der Waals surface area contributed by atoms with E-state index in [0.29, 0.717) is 13.2 Å². The molecule has 1 saturated heterocycles. The van der Waals surface area contributed by atoms with Crippen molar-refractivity contribution in [1.82, 2.24) is 9.47 Å². The Balaban J connectivity index is 1.72. The molecule has 2 aliphatic heterocycles. The second-order valence-electron chi connectivity index (χ2n) is 13.0. The van der Waals surface area contributed by atoms with Crippen molar-refractivity contribution in [3.63, 3.8) is 0 Å². The molecule has 2 aromatic rings. The molecule has 1 aromatic carbocycles. The minimum Gasteiger partial charge on any atom is -0.443 e. The average Bonchev–Trinajstić information content (AvgIpc) is 3.12. The molecule has 2 aliphatic rings. The summed E-state index contributed by atoms with van der Waals surface area (Å²) in [4.78, 5) is 29.3. The Bertz CT molecular complexity index is 1230. The summed E-state index contributed by atoms with van der Waals surface area (Å²) in [6.07, 6.45) is 3.90. The first-order valence-electron chi connectivity index (χ1n) is 13.6. The summed E-state index contributed by atoms with van der Waals surface area (Å²) in [6, 6.07) is 7.86. The van der Waals surface area contributed by atoms with Gasteiger partial charge in [-0.05, 0) is 82.6 Å². The Labute approximate surface area is 223 Å². The monoisotopic (exact) mass is 524 g/mol. The zero-order valence-corrected chi connectivity index (χ0v) is 25.1. The molecule has 2 atom stereocenters. The molecule has 4 rings (SSSR count). The van der Waals surface area contributed by atoms with Gasteiger partial charge < -0.3 is 14.1 Å². The van der Waals surface area contributed by atoms with Crippen LogP contribution in [0.1, 0.15) is 78.6 Å². The molecule has 37 heavy (non-hydrogen) atoms. The maximum absolute atomic E-state index is 13.8. The van der Waals surface area contributed by atoms with Crippen molar-refractivity contribution >= 4 is 31.2 Å². The number of benzene rings is 1. The van der Waals surface area contributed by atoms with E-state index in [1.165, 1.54) is 0 Å². The number of aromatic nitrogens is 1. The molecule has 7 heteroatoms. The molecule has 0 saturated carbocycles. The smallest absolute Gasteiger partial charge is 0.419 e. The first-order chi connectivity index (χ1) is 17.2. The van der Waals surface area contributed by atoms with Gasteiger partial charge in [-0.1, -0.05) is 45.0 Å². The number of nitrogens with zero attached hydrogens (tertiary/aromatic N) is 2. The van der Waals surface area contributed by atoms with Crippen molar-refractivity contribution in [3.8, 4) is 0 Å². The number of hydrogen-bond donors (Lipinski definition) is 0. The van der Waals surface area contributed by atoms with E-state index in [1.807, 2.05) is 56.9 Å². The minimum atomic E-state index is -1.88. The van der Waals surface area contributed by atoms with Crippen LogP contribution in [-0.2, 0) is 20.4 Å². The molecule has 0 bridgehead atoms. The van der Waals surface area contributed by atoms with Gasteiger partial charge >= 0.3 is 6.09 Å². The molecule has 0 unspecified atom stereocenters. The first-order valence-corrected chi connectivity index (χ1v) is 16.5. The Morgan fingerprint density at radius 3 is 2.43 bits per heavy atom. The summed E-state index contributed by atoms with van der Waals surface area (Å²) in [5, 5.41) is 1.22. The molecular weight excluding hydrogens is 480 g/mol. The Kier molecular flexibility index (Phi) is 7.27. The average molecular weight is 525 g/mol. The van der Waals surface area contributed by atoms with Crippen LogP contribution in [0.15, 0.2) is 35.9 Å². The van der Waals surface area contributed by atoms with E-state index < -0.39 is 13.9 Å². The van der Waals surface area contributed by atoms with Crippen molar-refractivity contribution in [1.29, 1.82) is 0 Å². The third-order valence-electron chi connectivity index (χ3n) is 8.39. The van der Waals surface area contributed by atoms with Crippen molar-refractivity contribution in [2.45, 2.75) is 97.5 Å². The number of ether oxygens (including phenoxy) is 1. The third-order valence-corrected chi connectivity index (χ3v) is 12.9. The van der Waals surface area contributed by atoms with Gasteiger partial charge in [-0.15, -0.1) is 0 Å². The largest absolute Gasteiger partial charge is 0.443 e. The van der Waals surface area contributed by atoms with Gasteiger partial charge in [-0.3, -0.25) is 4.79 Å². The van der Waals surface area contributed by atoms with Gasteiger partial charge in [-0.2, -0.15) is 0 Å². The highest BCUT2D eigenvalue weighted by Crippen LogP contribution is 2.46. The van der Waals surface area contributed by atoms with Crippen LogP contribution in [0, 0.1) is 5.92 Å². The summed E-state index contributed by atoms with van der Waals surface area (Å²) in [5.74, 6) is 0.169. The molecule has 0 spiro atoms. The van der Waals surface area contributed by atoms with Crippen LogP contribution >= 0.6 is 0 Å². The van der Waals surface area contributed by atoms with Crippen LogP contribution in [0.3, 0.4) is 0 Å². The number of amides is 1. The fourth-order valence-corrected chi connectivity index (χ4v) is 6.56. The molecule has 0 aliphatic carbocycles. The summed E-state index contributed by atoms with van der Waals surface area (Å²) >= 11 is 0. The number of carbonyl (C=O) groups excluding carboxylic acids is 2. The Morgan fingerprint density at radius 1 is 1.14 bits per heavy atom. The van der Waals surface area contributed by atoms with Gasteiger partial charge in [0, 0.05) is 24.1 Å². The van der Waals surface area contributed by atoms with Crippen LogP contribution < -0.4 is 0 Å². The number of para-hydroxylation sites is 1. The van der Waals surface area contributed by atoms with Gasteiger partial charge in [0.1, 0.15) is 5.60 Å². The molecular formula is C30H44N2O4Si. The predicted molar refractivity (Wildman–Crippen MR) is 151 cm³/mol. The molecule has 0 radical (unpaired) electrons. The maximum Gasteiger partial charge on any atom is 0.419 e. The molecule has 3 heterocycles. The highest BCUT2D eigenvalue weighted by atomic mass is 28.4. The van der Waals surface area contributed by atoms with E-state index in [1.54, 1.807) is 4.57 Å². The lowest BCUT2D eigenvalue weighted by atomic mass is 9.80. The second kappa shape index (κ2) is 9.73. The van der Waals surface area contributed by atoms with Gasteiger partial charge in [0.05, 0.1) is 17.3 Å². The number of hydrogen-bond acceptors (Lipinski definition) is 4. The quantitative estimate of drug-likeness (QED) is 0.313. The number of piperidine rings is 1. The summed E-state index contributed by atoms with van der Waals surface area (Å²) in [6.45, 7) is 20.2. The number of fused-ring (bicyclic) bond motifs is 5. The summed E-state index contributed by atoms with van der Waals surface area (Å²) in [5.41, 5.74) is 3.19. The minimum absolute atomic E-state index is 0.0829. The molecule has 0 N–H and O–H groups in total. The van der Waals surface area contributed by atoms with E-state index in [0.717, 1.165) is 47.0 Å². The second-order valence-corrected chi connectivity index (χ2v) is 17.8. The van der Waals surface area contributed by atoms with E-state index in [2.05, 4.69) is 39.9 Å². The van der Waals surface area contributed by atoms with E-state index >= 15 is 0 Å². The van der Waals surface area contributed by atoms with Gasteiger partial charge in [-0.25, -0.2) is 9.36 Å². The summed E-state index contributed by atoms with van der Waals surface area (Å²) < 4.78 is 14.1. The van der Waals surface area contributed by atoms with E-state index in [-0.39, 0.29) is 29.0 Å². The van der Waals surface area contributed by atoms with Crippen LogP contribution in [-0.4, -0.2) is 48.5 Å². The number of allylic oxidation sites excluding steroid dienone is 1. The highest BCUT2D eigenvalue weighted by Gasteiger charge is 2.44. The van der Waals surface area contributed by atoms with Gasteiger partial charge in [0.2, 0.25) is 5.91 Å². The van der Waals surface area contributed by atoms with Crippen molar-refractivity contribution < 1.29 is 18.8 Å². The molecule has 202 valence electrons. The normalized spacial score (nSPS) is 21.8. The van der Waals surface area contributed by atoms with Crippen molar-refractivity contribution in [2.75, 3.05) is 13.2 Å². The molecule has 6 nitrogen and oxygen atoms in total. The van der Waals surface area contributed by atoms with Crippen LogP contribution in [0.5, 0.6) is 0 Å². The van der Waals surface area contributed by atoms with Crippen molar-refractivity contribution in [2.24, 2.45) is 5.92 Å². The van der Waals surface area contributed by atoms with Gasteiger partial charge in [0.15, 0.2) is 8.32 Å².